The average Bonchev–Trinajstić information content (AvgIpc) is 1.90. The van der Waals surface area contributed by atoms with E-state index in [0.717, 1.165) is 0 Å². The van der Waals surface area contributed by atoms with E-state index in [1.807, 2.05) is 0 Å². The van der Waals surface area contributed by atoms with Gasteiger partial charge in [-0.1, -0.05) is 20.8 Å². The molecular weight excluding hydrogens is 142 g/mol. The van der Waals surface area contributed by atoms with Crippen molar-refractivity contribution in [2.24, 2.45) is 11.5 Å². The van der Waals surface area contributed by atoms with Crippen molar-refractivity contribution < 1.29 is 4.79 Å². The van der Waals surface area contributed by atoms with E-state index in [-0.39, 0.29) is 0 Å². The van der Waals surface area contributed by atoms with Gasteiger partial charge < -0.3 is 16.4 Å². The van der Waals surface area contributed by atoms with E-state index in [1.54, 1.807) is 0 Å². The van der Waals surface area contributed by atoms with Gasteiger partial charge >= 0.3 is 6.03 Å². The SMILES string of the molecule is CCN(CC)CC.NC(N)=O. The summed E-state index contributed by atoms with van der Waals surface area (Å²) < 4.78 is 0. The Hall–Kier alpha value is -0.770. The molecule has 4 nitrogen and oxygen atoms in total. The van der Waals surface area contributed by atoms with Crippen LogP contribution in [0.3, 0.4) is 0 Å². The van der Waals surface area contributed by atoms with Crippen molar-refractivity contribution in [3.63, 3.8) is 0 Å². The van der Waals surface area contributed by atoms with Crippen LogP contribution >= 0.6 is 0 Å². The van der Waals surface area contributed by atoms with Crippen molar-refractivity contribution in [1.82, 2.24) is 4.90 Å². The van der Waals surface area contributed by atoms with Gasteiger partial charge in [-0.15, -0.1) is 0 Å². The van der Waals surface area contributed by atoms with Crippen LogP contribution in [0, 0.1) is 0 Å². The number of nitrogens with two attached hydrogens (primary N) is 2. The Labute approximate surface area is 68.5 Å². The Bertz CT molecular complexity index is 82.2. The van der Waals surface area contributed by atoms with Gasteiger partial charge in [0.2, 0.25) is 0 Å². The summed E-state index contributed by atoms with van der Waals surface area (Å²) in [7, 11) is 0. The van der Waals surface area contributed by atoms with Crippen molar-refractivity contribution >= 4 is 6.03 Å². The summed E-state index contributed by atoms with van der Waals surface area (Å²) in [5.41, 5.74) is 8.50. The number of hydrogen-bond donors (Lipinski definition) is 2. The summed E-state index contributed by atoms with van der Waals surface area (Å²) in [4.78, 5) is 11.4. The summed E-state index contributed by atoms with van der Waals surface area (Å²) in [5, 5.41) is 0. The van der Waals surface area contributed by atoms with E-state index in [1.165, 1.54) is 19.6 Å². The van der Waals surface area contributed by atoms with Crippen LogP contribution in [0.4, 0.5) is 4.79 Å². The van der Waals surface area contributed by atoms with Crippen LogP contribution in [0.1, 0.15) is 20.8 Å². The molecule has 0 fully saturated rings. The third-order valence-corrected chi connectivity index (χ3v) is 1.34. The van der Waals surface area contributed by atoms with E-state index in [2.05, 4.69) is 37.1 Å². The zero-order valence-corrected chi connectivity index (χ0v) is 7.63. The van der Waals surface area contributed by atoms with E-state index in [4.69, 9.17) is 4.79 Å². The summed E-state index contributed by atoms with van der Waals surface area (Å²) in [6.07, 6.45) is 0. The zero-order valence-electron chi connectivity index (χ0n) is 7.63. The van der Waals surface area contributed by atoms with Crippen molar-refractivity contribution in [2.75, 3.05) is 19.6 Å². The van der Waals surface area contributed by atoms with Crippen molar-refractivity contribution in [3.05, 3.63) is 0 Å². The number of carbonyl (C=O) groups is 1. The third-order valence-electron chi connectivity index (χ3n) is 1.34. The molecule has 0 aromatic carbocycles. The fourth-order valence-electron chi connectivity index (χ4n) is 0.671. The lowest BCUT2D eigenvalue weighted by Gasteiger charge is -2.13. The predicted molar refractivity (Wildman–Crippen MR) is 47.2 cm³/mol. The number of carbonyl (C=O) groups excluding carboxylic acids is 1. The number of rotatable bonds is 3. The van der Waals surface area contributed by atoms with E-state index in [9.17, 15) is 0 Å². The first-order valence-electron chi connectivity index (χ1n) is 3.85. The maximum Gasteiger partial charge on any atom is 0.309 e. The molecule has 4 heteroatoms. The Balaban J connectivity index is 0. The normalized spacial score (nSPS) is 8.73. The molecule has 2 amide bonds. The Kier molecular flexibility index (Phi) is 10.8. The summed E-state index contributed by atoms with van der Waals surface area (Å²) in [5.74, 6) is 0. The van der Waals surface area contributed by atoms with E-state index in [0.29, 0.717) is 0 Å². The molecule has 0 radical (unpaired) electrons. The second-order valence-corrected chi connectivity index (χ2v) is 2.02. The molecule has 11 heavy (non-hydrogen) atoms. The van der Waals surface area contributed by atoms with Crippen LogP contribution in [-0.4, -0.2) is 30.6 Å². The molecule has 0 spiro atoms. The van der Waals surface area contributed by atoms with Gasteiger partial charge in [0.15, 0.2) is 0 Å². The molecule has 0 saturated heterocycles. The number of amides is 2. The fraction of sp³-hybridized carbons (Fsp3) is 0.857. The molecule has 0 bridgehead atoms. The van der Waals surface area contributed by atoms with Crippen LogP contribution in [-0.2, 0) is 0 Å². The number of hydrogen-bond acceptors (Lipinski definition) is 2. The van der Waals surface area contributed by atoms with Crippen molar-refractivity contribution in [3.8, 4) is 0 Å². The maximum atomic E-state index is 9.00. The Morgan fingerprint density at radius 2 is 1.27 bits per heavy atom. The topological polar surface area (TPSA) is 72.3 Å². The summed E-state index contributed by atoms with van der Waals surface area (Å²) in [6.45, 7) is 10.1. The highest BCUT2D eigenvalue weighted by atomic mass is 16.2. The minimum absolute atomic E-state index is 0.833. The minimum atomic E-state index is -0.833. The molecule has 4 N–H and O–H groups in total. The van der Waals surface area contributed by atoms with Crippen LogP contribution < -0.4 is 11.5 Å². The Morgan fingerprint density at radius 1 is 1.09 bits per heavy atom. The monoisotopic (exact) mass is 161 g/mol. The highest BCUT2D eigenvalue weighted by Crippen LogP contribution is 1.81. The molecular formula is C7H19N3O. The maximum absolute atomic E-state index is 9.00. The molecule has 0 atom stereocenters. The molecule has 0 aliphatic heterocycles. The standard InChI is InChI=1S/C6H15N.CH4N2O/c1-4-7(5-2)6-3;2-1(3)4/h4-6H2,1-3H3;(H4,2,3,4). The van der Waals surface area contributed by atoms with Crippen LogP contribution in [0.5, 0.6) is 0 Å². The molecule has 68 valence electrons. The van der Waals surface area contributed by atoms with E-state index >= 15 is 0 Å². The van der Waals surface area contributed by atoms with Gasteiger partial charge in [0.1, 0.15) is 0 Å². The molecule has 0 saturated carbocycles. The van der Waals surface area contributed by atoms with Gasteiger partial charge in [-0.25, -0.2) is 4.79 Å². The number of primary amides is 2. The predicted octanol–water partition coefficient (Wildman–Crippen LogP) is 0.372. The van der Waals surface area contributed by atoms with Gasteiger partial charge in [0, 0.05) is 0 Å². The molecule has 0 rings (SSSR count). The van der Waals surface area contributed by atoms with Gasteiger partial charge in [0.05, 0.1) is 0 Å². The fourth-order valence-corrected chi connectivity index (χ4v) is 0.671. The van der Waals surface area contributed by atoms with Crippen LogP contribution in [0.2, 0.25) is 0 Å². The average molecular weight is 161 g/mol. The lowest BCUT2D eigenvalue weighted by atomic mass is 10.5. The second-order valence-electron chi connectivity index (χ2n) is 2.02. The molecule has 0 heterocycles. The quantitative estimate of drug-likeness (QED) is 0.627. The second kappa shape index (κ2) is 9.23. The first kappa shape index (κ1) is 12.9. The number of urea groups is 1. The van der Waals surface area contributed by atoms with Crippen molar-refractivity contribution in [1.29, 1.82) is 0 Å². The van der Waals surface area contributed by atoms with Gasteiger partial charge in [-0.3, -0.25) is 0 Å². The van der Waals surface area contributed by atoms with Crippen LogP contribution in [0.15, 0.2) is 0 Å². The summed E-state index contributed by atoms with van der Waals surface area (Å²) >= 11 is 0. The highest BCUT2D eigenvalue weighted by molar-refractivity contribution is 5.69. The van der Waals surface area contributed by atoms with Gasteiger partial charge in [0.25, 0.3) is 0 Å². The summed E-state index contributed by atoms with van der Waals surface area (Å²) in [6, 6.07) is -0.833. The van der Waals surface area contributed by atoms with Gasteiger partial charge in [-0.2, -0.15) is 0 Å². The molecule has 0 aromatic heterocycles. The van der Waals surface area contributed by atoms with E-state index < -0.39 is 6.03 Å². The first-order chi connectivity index (χ1) is 5.08. The number of nitrogens with zero attached hydrogens (tertiary/aromatic N) is 1. The third kappa shape index (κ3) is 17.6. The first-order valence-corrected chi connectivity index (χ1v) is 3.85. The minimum Gasteiger partial charge on any atom is -0.352 e. The molecule has 0 aliphatic rings. The van der Waals surface area contributed by atoms with Crippen molar-refractivity contribution in [2.45, 2.75) is 20.8 Å². The lowest BCUT2D eigenvalue weighted by Crippen LogP contribution is -2.21. The highest BCUT2D eigenvalue weighted by Gasteiger charge is 1.89. The zero-order chi connectivity index (χ0) is 9.28. The van der Waals surface area contributed by atoms with Gasteiger partial charge in [-0.05, 0) is 19.6 Å². The molecule has 0 aliphatic carbocycles. The molecule has 0 aromatic rings. The lowest BCUT2D eigenvalue weighted by molar-refractivity contribution is 0.256. The largest absolute Gasteiger partial charge is 0.352 e. The Morgan fingerprint density at radius 3 is 1.27 bits per heavy atom. The smallest absolute Gasteiger partial charge is 0.309 e. The molecule has 0 unspecified atom stereocenters. The van der Waals surface area contributed by atoms with Crippen LogP contribution in [0.25, 0.3) is 0 Å².